The van der Waals surface area contributed by atoms with Crippen molar-refractivity contribution in [3.63, 3.8) is 0 Å². The molecule has 0 aliphatic heterocycles. The lowest BCUT2D eigenvalue weighted by atomic mass is 10.3. The molecule has 0 atom stereocenters. The number of nitrogens with zero attached hydrogens (tertiary/aromatic N) is 1. The summed E-state index contributed by atoms with van der Waals surface area (Å²) >= 11 is 1.44. The summed E-state index contributed by atoms with van der Waals surface area (Å²) < 4.78 is 0. The van der Waals surface area contributed by atoms with Gasteiger partial charge in [-0.3, -0.25) is 10.1 Å². The fraction of sp³-hybridized carbons (Fsp3) is 0.273. The number of benzene rings is 1. The van der Waals surface area contributed by atoms with Crippen LogP contribution in [0.2, 0.25) is 0 Å². The Kier molecular flexibility index (Phi) is 4.37. The summed E-state index contributed by atoms with van der Waals surface area (Å²) in [5.74, 6) is 0. The van der Waals surface area contributed by atoms with Crippen LogP contribution in [0.3, 0.4) is 0 Å². The highest BCUT2D eigenvalue weighted by molar-refractivity contribution is 8.03. The molecule has 0 amide bonds. The van der Waals surface area contributed by atoms with E-state index in [9.17, 15) is 10.1 Å². The Morgan fingerprint density at radius 1 is 1.40 bits per heavy atom. The van der Waals surface area contributed by atoms with E-state index in [-0.39, 0.29) is 4.92 Å². The van der Waals surface area contributed by atoms with Gasteiger partial charge in [-0.15, -0.1) is 0 Å². The molecule has 0 bridgehead atoms. The van der Waals surface area contributed by atoms with Crippen molar-refractivity contribution < 1.29 is 4.92 Å². The number of rotatable bonds is 4. The lowest BCUT2D eigenvalue weighted by Gasteiger charge is -2.02. The van der Waals surface area contributed by atoms with E-state index in [1.54, 1.807) is 13.8 Å². The van der Waals surface area contributed by atoms with Gasteiger partial charge in [-0.25, -0.2) is 0 Å². The van der Waals surface area contributed by atoms with E-state index in [0.717, 1.165) is 9.80 Å². The van der Waals surface area contributed by atoms with Gasteiger partial charge < -0.3 is 0 Å². The van der Waals surface area contributed by atoms with Crippen LogP contribution >= 0.6 is 11.8 Å². The molecule has 0 saturated carbocycles. The molecule has 0 unspecified atom stereocenters. The van der Waals surface area contributed by atoms with E-state index in [1.807, 2.05) is 30.3 Å². The maximum atomic E-state index is 10.7. The minimum absolute atomic E-state index is 0.295. The minimum Gasteiger partial charge on any atom is -0.259 e. The highest BCUT2D eigenvalue weighted by atomic mass is 32.2. The van der Waals surface area contributed by atoms with Gasteiger partial charge in [0.15, 0.2) is 0 Å². The molecule has 80 valence electrons. The second-order valence-electron chi connectivity index (χ2n) is 3.03. The van der Waals surface area contributed by atoms with Gasteiger partial charge in [0.25, 0.3) is 5.70 Å². The first kappa shape index (κ1) is 11.8. The molecule has 1 aromatic carbocycles. The Bertz CT molecular complexity index is 373. The Labute approximate surface area is 93.3 Å². The van der Waals surface area contributed by atoms with Crippen LogP contribution in [0.15, 0.2) is 45.8 Å². The molecule has 0 spiro atoms. The normalized spacial score (nSPS) is 12.1. The quantitative estimate of drug-likeness (QED) is 0.444. The fourth-order valence-electron chi connectivity index (χ4n) is 1.23. The van der Waals surface area contributed by atoms with E-state index in [2.05, 4.69) is 0 Å². The predicted octanol–water partition coefficient (Wildman–Crippen LogP) is 3.70. The zero-order chi connectivity index (χ0) is 11.3. The second-order valence-corrected chi connectivity index (χ2v) is 4.32. The van der Waals surface area contributed by atoms with Crippen molar-refractivity contribution in [2.24, 2.45) is 0 Å². The molecule has 3 nitrogen and oxygen atoms in total. The average molecular weight is 223 g/mol. The highest BCUT2D eigenvalue weighted by Gasteiger charge is 2.13. The molecule has 15 heavy (non-hydrogen) atoms. The van der Waals surface area contributed by atoms with E-state index in [1.165, 1.54) is 11.8 Å². The monoisotopic (exact) mass is 223 g/mol. The standard InChI is InChI=1S/C11H13NO2S/c1-3-11(12(13)14)9(2)15-10-7-5-4-6-8-10/h4-8H,3H2,1-2H3. The molecule has 0 saturated heterocycles. The Hall–Kier alpha value is -1.29. The van der Waals surface area contributed by atoms with Crippen molar-refractivity contribution in [3.8, 4) is 0 Å². The third-order valence-electron chi connectivity index (χ3n) is 1.98. The molecule has 0 aromatic heterocycles. The number of nitro groups is 1. The number of hydrogen-bond donors (Lipinski definition) is 0. The van der Waals surface area contributed by atoms with Gasteiger partial charge in [0.2, 0.25) is 0 Å². The minimum atomic E-state index is -0.300. The smallest absolute Gasteiger partial charge is 0.255 e. The van der Waals surface area contributed by atoms with E-state index >= 15 is 0 Å². The zero-order valence-electron chi connectivity index (χ0n) is 8.77. The van der Waals surface area contributed by atoms with Gasteiger partial charge >= 0.3 is 0 Å². The molecule has 0 heterocycles. The average Bonchev–Trinajstić information content (AvgIpc) is 2.19. The molecule has 0 aliphatic carbocycles. The second kappa shape index (κ2) is 5.56. The van der Waals surface area contributed by atoms with Crippen molar-refractivity contribution in [2.45, 2.75) is 25.2 Å². The molecule has 4 heteroatoms. The van der Waals surface area contributed by atoms with Crippen molar-refractivity contribution >= 4 is 11.8 Å². The lowest BCUT2D eigenvalue weighted by molar-refractivity contribution is -0.428. The predicted molar refractivity (Wildman–Crippen MR) is 62.3 cm³/mol. The lowest BCUT2D eigenvalue weighted by Crippen LogP contribution is -1.99. The van der Waals surface area contributed by atoms with E-state index in [4.69, 9.17) is 0 Å². The summed E-state index contributed by atoms with van der Waals surface area (Å²) in [6.07, 6.45) is 0.457. The van der Waals surface area contributed by atoms with Gasteiger partial charge in [-0.05, 0) is 19.1 Å². The van der Waals surface area contributed by atoms with Crippen LogP contribution in [-0.4, -0.2) is 4.92 Å². The number of thioether (sulfide) groups is 1. The maximum absolute atomic E-state index is 10.7. The first-order valence-electron chi connectivity index (χ1n) is 4.72. The molecule has 0 N–H and O–H groups in total. The van der Waals surface area contributed by atoms with Gasteiger partial charge in [0, 0.05) is 11.3 Å². The van der Waals surface area contributed by atoms with Crippen LogP contribution in [0.5, 0.6) is 0 Å². The Balaban J connectivity index is 2.86. The van der Waals surface area contributed by atoms with Crippen LogP contribution in [0, 0.1) is 10.1 Å². The van der Waals surface area contributed by atoms with Crippen LogP contribution in [0.1, 0.15) is 20.3 Å². The SMILES string of the molecule is CCC(=C(C)Sc1ccccc1)[N+](=O)[O-]. The first-order chi connectivity index (χ1) is 7.15. The number of allylic oxidation sites excluding steroid dienone is 2. The maximum Gasteiger partial charge on any atom is 0.255 e. The van der Waals surface area contributed by atoms with Crippen LogP contribution in [0.25, 0.3) is 0 Å². The fourth-order valence-corrected chi connectivity index (χ4v) is 2.21. The zero-order valence-corrected chi connectivity index (χ0v) is 9.58. The van der Waals surface area contributed by atoms with E-state index in [0.29, 0.717) is 12.1 Å². The van der Waals surface area contributed by atoms with Gasteiger partial charge in [0.05, 0.1) is 9.83 Å². The molecule has 0 radical (unpaired) electrons. The third-order valence-corrected chi connectivity index (χ3v) is 3.03. The molecule has 0 fully saturated rings. The molecule has 1 rings (SSSR count). The summed E-state index contributed by atoms with van der Waals surface area (Å²) in [5, 5.41) is 10.7. The van der Waals surface area contributed by atoms with Crippen LogP contribution < -0.4 is 0 Å². The summed E-state index contributed by atoms with van der Waals surface area (Å²) in [5.41, 5.74) is 0.295. The van der Waals surface area contributed by atoms with Crippen LogP contribution in [0.4, 0.5) is 0 Å². The summed E-state index contributed by atoms with van der Waals surface area (Å²) in [6, 6.07) is 9.67. The van der Waals surface area contributed by atoms with Crippen molar-refractivity contribution in [1.82, 2.24) is 0 Å². The van der Waals surface area contributed by atoms with Gasteiger partial charge in [-0.1, -0.05) is 36.9 Å². The summed E-state index contributed by atoms with van der Waals surface area (Å²) in [6.45, 7) is 3.59. The highest BCUT2D eigenvalue weighted by Crippen LogP contribution is 2.29. The van der Waals surface area contributed by atoms with Gasteiger partial charge in [-0.2, -0.15) is 0 Å². The van der Waals surface area contributed by atoms with Crippen LogP contribution in [-0.2, 0) is 0 Å². The molecule has 1 aromatic rings. The largest absolute Gasteiger partial charge is 0.259 e. The van der Waals surface area contributed by atoms with Crippen molar-refractivity contribution in [3.05, 3.63) is 51.0 Å². The number of hydrogen-bond acceptors (Lipinski definition) is 3. The Morgan fingerprint density at radius 3 is 2.47 bits per heavy atom. The summed E-state index contributed by atoms with van der Waals surface area (Å²) in [4.78, 5) is 12.2. The van der Waals surface area contributed by atoms with Gasteiger partial charge in [0.1, 0.15) is 0 Å². The van der Waals surface area contributed by atoms with E-state index < -0.39 is 0 Å². The topological polar surface area (TPSA) is 43.1 Å². The van der Waals surface area contributed by atoms with Crippen molar-refractivity contribution in [1.29, 1.82) is 0 Å². The molecular weight excluding hydrogens is 210 g/mol. The molecule has 0 aliphatic rings. The Morgan fingerprint density at radius 2 is 2.00 bits per heavy atom. The summed E-state index contributed by atoms with van der Waals surface area (Å²) in [7, 11) is 0. The molecular formula is C11H13NO2S. The third kappa shape index (κ3) is 3.40. The first-order valence-corrected chi connectivity index (χ1v) is 5.53. The van der Waals surface area contributed by atoms with Crippen molar-refractivity contribution in [2.75, 3.05) is 0 Å².